The van der Waals surface area contributed by atoms with Gasteiger partial charge in [0.2, 0.25) is 5.91 Å². The number of nitrogens with zero attached hydrogens (tertiary/aromatic N) is 1. The molecule has 1 aliphatic heterocycles. The molecule has 1 amide bonds. The summed E-state index contributed by atoms with van der Waals surface area (Å²) in [5, 5.41) is 3.09. The molecule has 1 atom stereocenters. The molecule has 0 aromatic heterocycles. The zero-order valence-corrected chi connectivity index (χ0v) is 16.2. The van der Waals surface area contributed by atoms with E-state index in [1.807, 2.05) is 30.3 Å². The van der Waals surface area contributed by atoms with Crippen molar-refractivity contribution in [1.82, 2.24) is 10.2 Å². The first-order chi connectivity index (χ1) is 12.7. The van der Waals surface area contributed by atoms with Gasteiger partial charge >= 0.3 is 0 Å². The standard InChI is InChI=1S/C21H32N2O3/c1-4-18(5-2)20(23-11-13-26-14-12-23)16-22-21(24)10-9-17-7-6-8-19(15-17)25-3/h6-10,15,18,20H,4-5,11-14,16H2,1-3H3,(H,22,24)/b10-9+. The second-order valence-electron chi connectivity index (χ2n) is 6.65. The van der Waals surface area contributed by atoms with Gasteiger partial charge in [-0.25, -0.2) is 0 Å². The molecule has 1 N–H and O–H groups in total. The van der Waals surface area contributed by atoms with Crippen LogP contribution in [-0.4, -0.2) is 56.8 Å². The molecule has 5 nitrogen and oxygen atoms in total. The fraction of sp³-hybridized carbons (Fsp3) is 0.571. The maximum atomic E-state index is 12.3. The van der Waals surface area contributed by atoms with Crippen LogP contribution in [0.1, 0.15) is 32.3 Å². The number of nitrogens with one attached hydrogen (secondary N) is 1. The van der Waals surface area contributed by atoms with Crippen LogP contribution >= 0.6 is 0 Å². The molecule has 0 spiro atoms. The maximum Gasteiger partial charge on any atom is 0.244 e. The van der Waals surface area contributed by atoms with Crippen molar-refractivity contribution in [3.63, 3.8) is 0 Å². The van der Waals surface area contributed by atoms with Crippen LogP contribution in [0, 0.1) is 5.92 Å². The Hall–Kier alpha value is -1.85. The molecule has 1 heterocycles. The number of rotatable bonds is 9. The third kappa shape index (κ3) is 6.15. The van der Waals surface area contributed by atoms with Crippen molar-refractivity contribution in [3.8, 4) is 5.75 Å². The van der Waals surface area contributed by atoms with Gasteiger partial charge in [0.05, 0.1) is 20.3 Å². The highest BCUT2D eigenvalue weighted by Crippen LogP contribution is 2.19. The largest absolute Gasteiger partial charge is 0.497 e. The molecule has 1 aromatic carbocycles. The number of methoxy groups -OCH3 is 1. The average molecular weight is 360 g/mol. The first-order valence-corrected chi connectivity index (χ1v) is 9.59. The summed E-state index contributed by atoms with van der Waals surface area (Å²) in [5.74, 6) is 1.31. The van der Waals surface area contributed by atoms with Crippen molar-refractivity contribution in [2.75, 3.05) is 40.0 Å². The number of amides is 1. The van der Waals surface area contributed by atoms with Crippen molar-refractivity contribution >= 4 is 12.0 Å². The minimum atomic E-state index is -0.0583. The lowest BCUT2D eigenvalue weighted by Crippen LogP contribution is -2.51. The second kappa shape index (κ2) is 11.0. The highest BCUT2D eigenvalue weighted by atomic mass is 16.5. The van der Waals surface area contributed by atoms with Gasteiger partial charge in [-0.3, -0.25) is 9.69 Å². The van der Waals surface area contributed by atoms with Crippen LogP contribution in [0.5, 0.6) is 5.75 Å². The van der Waals surface area contributed by atoms with E-state index >= 15 is 0 Å². The first-order valence-electron chi connectivity index (χ1n) is 9.59. The summed E-state index contributed by atoms with van der Waals surface area (Å²) in [4.78, 5) is 14.8. The SMILES string of the molecule is CCC(CC)C(CNC(=O)/C=C/c1cccc(OC)c1)N1CCOCC1. The smallest absolute Gasteiger partial charge is 0.244 e. The van der Waals surface area contributed by atoms with E-state index in [1.165, 1.54) is 0 Å². The lowest BCUT2D eigenvalue weighted by atomic mass is 9.92. The number of ether oxygens (including phenoxy) is 2. The van der Waals surface area contributed by atoms with E-state index in [0.29, 0.717) is 18.5 Å². The molecule has 1 fully saturated rings. The van der Waals surface area contributed by atoms with Gasteiger partial charge in [-0.2, -0.15) is 0 Å². The minimum Gasteiger partial charge on any atom is -0.497 e. The fourth-order valence-corrected chi connectivity index (χ4v) is 3.52. The molecule has 1 unspecified atom stereocenters. The summed E-state index contributed by atoms with van der Waals surface area (Å²) in [7, 11) is 1.64. The molecular weight excluding hydrogens is 328 g/mol. The van der Waals surface area contributed by atoms with Crippen LogP contribution < -0.4 is 10.1 Å². The van der Waals surface area contributed by atoms with Crippen LogP contribution in [0.25, 0.3) is 6.08 Å². The molecule has 0 aliphatic carbocycles. The van der Waals surface area contributed by atoms with Crippen LogP contribution in [0.4, 0.5) is 0 Å². The van der Waals surface area contributed by atoms with E-state index in [9.17, 15) is 4.79 Å². The zero-order valence-electron chi connectivity index (χ0n) is 16.2. The Labute approximate surface area is 157 Å². The van der Waals surface area contributed by atoms with Gasteiger partial charge in [0, 0.05) is 31.8 Å². The van der Waals surface area contributed by atoms with Crippen molar-refractivity contribution in [2.45, 2.75) is 32.7 Å². The third-order valence-electron chi connectivity index (χ3n) is 5.11. The summed E-state index contributed by atoms with van der Waals surface area (Å²) in [6.45, 7) is 8.57. The number of benzene rings is 1. The molecule has 26 heavy (non-hydrogen) atoms. The summed E-state index contributed by atoms with van der Waals surface area (Å²) in [6.07, 6.45) is 5.65. The molecule has 0 bridgehead atoms. The van der Waals surface area contributed by atoms with Crippen molar-refractivity contribution in [1.29, 1.82) is 0 Å². The number of hydrogen-bond acceptors (Lipinski definition) is 4. The average Bonchev–Trinajstić information content (AvgIpc) is 2.70. The minimum absolute atomic E-state index is 0.0583. The highest BCUT2D eigenvalue weighted by Gasteiger charge is 2.26. The molecule has 1 aliphatic rings. The Balaban J connectivity index is 1.93. The summed E-state index contributed by atoms with van der Waals surface area (Å²) < 4.78 is 10.7. The summed E-state index contributed by atoms with van der Waals surface area (Å²) >= 11 is 0. The van der Waals surface area contributed by atoms with Gasteiger partial charge in [-0.1, -0.05) is 38.8 Å². The monoisotopic (exact) mass is 360 g/mol. The van der Waals surface area contributed by atoms with E-state index < -0.39 is 0 Å². The molecule has 0 radical (unpaired) electrons. The van der Waals surface area contributed by atoms with Gasteiger partial charge < -0.3 is 14.8 Å². The molecule has 0 saturated carbocycles. The molecule has 1 aromatic rings. The number of carbonyl (C=O) groups excluding carboxylic acids is 1. The topological polar surface area (TPSA) is 50.8 Å². The lowest BCUT2D eigenvalue weighted by molar-refractivity contribution is -0.116. The Morgan fingerprint density at radius 3 is 2.69 bits per heavy atom. The van der Waals surface area contributed by atoms with E-state index in [4.69, 9.17) is 9.47 Å². The third-order valence-corrected chi connectivity index (χ3v) is 5.11. The molecule has 144 valence electrons. The normalized spacial score (nSPS) is 16.8. The van der Waals surface area contributed by atoms with E-state index in [-0.39, 0.29) is 5.91 Å². The van der Waals surface area contributed by atoms with Crippen LogP contribution in [0.3, 0.4) is 0 Å². The summed E-state index contributed by atoms with van der Waals surface area (Å²) in [6, 6.07) is 8.03. The van der Waals surface area contributed by atoms with Crippen LogP contribution in [0.2, 0.25) is 0 Å². The quantitative estimate of drug-likeness (QED) is 0.688. The predicted molar refractivity (Wildman–Crippen MR) is 105 cm³/mol. The van der Waals surface area contributed by atoms with Crippen molar-refractivity contribution in [3.05, 3.63) is 35.9 Å². The van der Waals surface area contributed by atoms with Gasteiger partial charge in [0.25, 0.3) is 0 Å². The molecule has 2 rings (SSSR count). The summed E-state index contributed by atoms with van der Waals surface area (Å²) in [5.41, 5.74) is 0.948. The molecular formula is C21H32N2O3. The van der Waals surface area contributed by atoms with E-state index in [1.54, 1.807) is 13.2 Å². The van der Waals surface area contributed by atoms with Gasteiger partial charge in [-0.15, -0.1) is 0 Å². The Kier molecular flexibility index (Phi) is 8.65. The van der Waals surface area contributed by atoms with Crippen molar-refractivity contribution in [2.24, 2.45) is 5.92 Å². The maximum absolute atomic E-state index is 12.3. The van der Waals surface area contributed by atoms with Crippen molar-refractivity contribution < 1.29 is 14.3 Å². The van der Waals surface area contributed by atoms with E-state index in [2.05, 4.69) is 24.1 Å². The van der Waals surface area contributed by atoms with Crippen LogP contribution in [0.15, 0.2) is 30.3 Å². The van der Waals surface area contributed by atoms with Gasteiger partial charge in [0.15, 0.2) is 0 Å². The molecule has 5 heteroatoms. The predicted octanol–water partition coefficient (Wildman–Crippen LogP) is 2.96. The zero-order chi connectivity index (χ0) is 18.8. The number of hydrogen-bond donors (Lipinski definition) is 1. The first kappa shape index (κ1) is 20.5. The van der Waals surface area contributed by atoms with E-state index in [0.717, 1.165) is 50.5 Å². The van der Waals surface area contributed by atoms with Crippen LogP contribution in [-0.2, 0) is 9.53 Å². The van der Waals surface area contributed by atoms with Gasteiger partial charge in [0.1, 0.15) is 5.75 Å². The fourth-order valence-electron chi connectivity index (χ4n) is 3.52. The second-order valence-corrected chi connectivity index (χ2v) is 6.65. The Morgan fingerprint density at radius 2 is 2.04 bits per heavy atom. The Bertz CT molecular complexity index is 578. The Morgan fingerprint density at radius 1 is 1.31 bits per heavy atom. The lowest BCUT2D eigenvalue weighted by Gasteiger charge is -2.38. The number of carbonyl (C=O) groups is 1. The highest BCUT2D eigenvalue weighted by molar-refractivity contribution is 5.91. The molecule has 1 saturated heterocycles. The van der Waals surface area contributed by atoms with Gasteiger partial charge in [-0.05, 0) is 29.7 Å². The number of morpholine rings is 1.